The maximum absolute atomic E-state index is 2.38. The topological polar surface area (TPSA) is 0 Å². The van der Waals surface area contributed by atoms with Crippen molar-refractivity contribution >= 4 is 53.9 Å². The summed E-state index contributed by atoms with van der Waals surface area (Å²) in [6, 6.07) is 53.4. The molecule has 0 heterocycles. The van der Waals surface area contributed by atoms with E-state index in [4.69, 9.17) is 0 Å². The second kappa shape index (κ2) is 8.30. The smallest absolute Gasteiger partial charge is 0.00262 e. The van der Waals surface area contributed by atoms with Crippen LogP contribution in [0, 0.1) is 0 Å². The zero-order chi connectivity index (χ0) is 25.1. The van der Waals surface area contributed by atoms with Gasteiger partial charge in [-0.3, -0.25) is 0 Å². The summed E-state index contributed by atoms with van der Waals surface area (Å²) in [4.78, 5) is 0. The summed E-state index contributed by atoms with van der Waals surface area (Å²) in [7, 11) is 0. The molecule has 0 fully saturated rings. The van der Waals surface area contributed by atoms with E-state index in [1.165, 1.54) is 76.1 Å². The zero-order valence-corrected chi connectivity index (χ0v) is 20.9. The molecular weight excluding hydrogens is 456 g/mol. The molecule has 0 radical (unpaired) electrons. The van der Waals surface area contributed by atoms with E-state index in [2.05, 4.69) is 146 Å². The van der Waals surface area contributed by atoms with E-state index in [-0.39, 0.29) is 0 Å². The van der Waals surface area contributed by atoms with Crippen molar-refractivity contribution in [1.29, 1.82) is 0 Å². The maximum Gasteiger partial charge on any atom is -0.00262 e. The number of benzene rings is 8. The number of hydrogen-bond donors (Lipinski definition) is 0. The summed E-state index contributed by atoms with van der Waals surface area (Å²) in [5.74, 6) is 0. The Hall–Kier alpha value is -4.94. The standard InChI is InChI=1S/C38H24/c1-2-8-25(9-3-1)28-16-14-26-15-17-29(23-31(26)22-28)37-24-30-19-20-34-32-11-5-4-10-27(32)18-21-36(34)38(30)35-13-7-6-12-33(35)37/h1-24H. The quantitative estimate of drug-likeness (QED) is 0.216. The van der Waals surface area contributed by atoms with Gasteiger partial charge in [0.1, 0.15) is 0 Å². The van der Waals surface area contributed by atoms with Crippen molar-refractivity contribution < 1.29 is 0 Å². The Labute approximate surface area is 221 Å². The van der Waals surface area contributed by atoms with Crippen molar-refractivity contribution in [1.82, 2.24) is 0 Å². The molecule has 8 aromatic rings. The van der Waals surface area contributed by atoms with Crippen molar-refractivity contribution in [3.8, 4) is 22.3 Å². The highest BCUT2D eigenvalue weighted by Gasteiger charge is 2.13. The molecule has 8 aromatic carbocycles. The van der Waals surface area contributed by atoms with Crippen LogP contribution in [-0.4, -0.2) is 0 Å². The summed E-state index contributed by atoms with van der Waals surface area (Å²) in [5.41, 5.74) is 5.02. The fourth-order valence-corrected chi connectivity index (χ4v) is 6.16. The predicted octanol–water partition coefficient (Wildman–Crippen LogP) is 10.8. The molecule has 0 saturated heterocycles. The normalized spacial score (nSPS) is 11.7. The lowest BCUT2D eigenvalue weighted by Gasteiger charge is -2.15. The molecule has 0 aromatic heterocycles. The van der Waals surface area contributed by atoms with E-state index in [0.717, 1.165) is 0 Å². The van der Waals surface area contributed by atoms with Gasteiger partial charge in [-0.25, -0.2) is 0 Å². The summed E-state index contributed by atoms with van der Waals surface area (Å²) in [6.07, 6.45) is 0. The third kappa shape index (κ3) is 3.24. The van der Waals surface area contributed by atoms with Gasteiger partial charge in [-0.2, -0.15) is 0 Å². The fourth-order valence-electron chi connectivity index (χ4n) is 6.16. The van der Waals surface area contributed by atoms with Gasteiger partial charge >= 0.3 is 0 Å². The van der Waals surface area contributed by atoms with Crippen molar-refractivity contribution in [3.05, 3.63) is 146 Å². The lowest BCUT2D eigenvalue weighted by Crippen LogP contribution is -1.87. The van der Waals surface area contributed by atoms with Gasteiger partial charge in [0.25, 0.3) is 0 Å². The summed E-state index contributed by atoms with van der Waals surface area (Å²) in [5, 5.41) is 12.9. The van der Waals surface area contributed by atoms with E-state index < -0.39 is 0 Å². The molecule has 8 rings (SSSR count). The van der Waals surface area contributed by atoms with Crippen LogP contribution in [0.4, 0.5) is 0 Å². The highest BCUT2D eigenvalue weighted by molar-refractivity contribution is 6.26. The Bertz CT molecular complexity index is 2170. The first-order valence-electron chi connectivity index (χ1n) is 13.2. The molecule has 0 aliphatic rings. The Morgan fingerprint density at radius 2 is 0.868 bits per heavy atom. The molecule has 0 spiro atoms. The van der Waals surface area contributed by atoms with Crippen molar-refractivity contribution in [2.75, 3.05) is 0 Å². The second-order valence-corrected chi connectivity index (χ2v) is 10.2. The first kappa shape index (κ1) is 21.2. The average molecular weight is 481 g/mol. The molecule has 0 bridgehead atoms. The van der Waals surface area contributed by atoms with E-state index in [1.54, 1.807) is 0 Å². The van der Waals surface area contributed by atoms with Crippen LogP contribution in [-0.2, 0) is 0 Å². The molecule has 0 nitrogen and oxygen atoms in total. The van der Waals surface area contributed by atoms with Gasteiger partial charge in [-0.15, -0.1) is 0 Å². The third-order valence-electron chi connectivity index (χ3n) is 8.00. The van der Waals surface area contributed by atoms with Gasteiger partial charge < -0.3 is 0 Å². The Morgan fingerprint density at radius 3 is 1.74 bits per heavy atom. The molecule has 0 unspecified atom stereocenters. The van der Waals surface area contributed by atoms with Crippen LogP contribution in [0.25, 0.3) is 76.1 Å². The van der Waals surface area contributed by atoms with Crippen molar-refractivity contribution in [2.45, 2.75) is 0 Å². The van der Waals surface area contributed by atoms with Crippen LogP contribution in [0.3, 0.4) is 0 Å². The van der Waals surface area contributed by atoms with Gasteiger partial charge in [0, 0.05) is 0 Å². The SMILES string of the molecule is c1ccc(-c2ccc3ccc(-c4cc5ccc6c7ccccc7ccc6c5c5ccccc45)cc3c2)cc1. The zero-order valence-electron chi connectivity index (χ0n) is 20.9. The van der Waals surface area contributed by atoms with Gasteiger partial charge in [0.15, 0.2) is 0 Å². The largest absolute Gasteiger partial charge is 0.0622 e. The first-order valence-corrected chi connectivity index (χ1v) is 13.2. The van der Waals surface area contributed by atoms with Gasteiger partial charge in [-0.1, -0.05) is 127 Å². The molecule has 0 N–H and O–H groups in total. The molecule has 0 aliphatic heterocycles. The summed E-state index contributed by atoms with van der Waals surface area (Å²) < 4.78 is 0. The molecule has 0 atom stereocenters. The number of fused-ring (bicyclic) bond motifs is 8. The molecule has 176 valence electrons. The first-order chi connectivity index (χ1) is 18.8. The molecular formula is C38H24. The van der Waals surface area contributed by atoms with Crippen LogP contribution < -0.4 is 0 Å². The lowest BCUT2D eigenvalue weighted by molar-refractivity contribution is 1.64. The van der Waals surface area contributed by atoms with Crippen LogP contribution in [0.15, 0.2) is 146 Å². The third-order valence-corrected chi connectivity index (χ3v) is 8.00. The lowest BCUT2D eigenvalue weighted by atomic mass is 9.89. The van der Waals surface area contributed by atoms with Gasteiger partial charge in [0.2, 0.25) is 0 Å². The Morgan fingerprint density at radius 1 is 0.263 bits per heavy atom. The fraction of sp³-hybridized carbons (Fsp3) is 0. The Balaban J connectivity index is 1.39. The van der Waals surface area contributed by atoms with Crippen LogP contribution in [0.5, 0.6) is 0 Å². The van der Waals surface area contributed by atoms with Crippen molar-refractivity contribution in [2.24, 2.45) is 0 Å². The minimum absolute atomic E-state index is 1.25. The van der Waals surface area contributed by atoms with Crippen molar-refractivity contribution in [3.63, 3.8) is 0 Å². The van der Waals surface area contributed by atoms with E-state index in [1.807, 2.05) is 0 Å². The number of hydrogen-bond acceptors (Lipinski definition) is 0. The highest BCUT2D eigenvalue weighted by Crippen LogP contribution is 2.40. The minimum atomic E-state index is 1.25. The van der Waals surface area contributed by atoms with E-state index in [0.29, 0.717) is 0 Å². The number of rotatable bonds is 2. The van der Waals surface area contributed by atoms with Gasteiger partial charge in [0.05, 0.1) is 0 Å². The molecule has 0 heteroatoms. The second-order valence-electron chi connectivity index (χ2n) is 10.2. The minimum Gasteiger partial charge on any atom is -0.0622 e. The maximum atomic E-state index is 2.38. The Kier molecular flexibility index (Phi) is 4.62. The van der Waals surface area contributed by atoms with Crippen LogP contribution in [0.2, 0.25) is 0 Å². The molecule has 0 amide bonds. The monoisotopic (exact) mass is 480 g/mol. The van der Waals surface area contributed by atoms with Crippen LogP contribution in [0.1, 0.15) is 0 Å². The molecule has 38 heavy (non-hydrogen) atoms. The summed E-state index contributed by atoms with van der Waals surface area (Å²) in [6.45, 7) is 0. The summed E-state index contributed by atoms with van der Waals surface area (Å²) >= 11 is 0. The average Bonchev–Trinajstić information content (AvgIpc) is 3.00. The molecule has 0 saturated carbocycles. The van der Waals surface area contributed by atoms with Crippen LogP contribution >= 0.6 is 0 Å². The highest BCUT2D eigenvalue weighted by atomic mass is 14.2. The molecule has 0 aliphatic carbocycles. The van der Waals surface area contributed by atoms with Gasteiger partial charge in [-0.05, 0) is 94.3 Å². The van der Waals surface area contributed by atoms with E-state index in [9.17, 15) is 0 Å². The van der Waals surface area contributed by atoms with E-state index >= 15 is 0 Å². The predicted molar refractivity (Wildman–Crippen MR) is 165 cm³/mol.